The quantitative estimate of drug-likeness (QED) is 0.849. The molecule has 1 aliphatic heterocycles. The lowest BCUT2D eigenvalue weighted by atomic mass is 10.00. The maximum absolute atomic E-state index is 12.2. The summed E-state index contributed by atoms with van der Waals surface area (Å²) in [6.07, 6.45) is 3.28. The van der Waals surface area contributed by atoms with Gasteiger partial charge in [0.1, 0.15) is 0 Å². The van der Waals surface area contributed by atoms with Gasteiger partial charge in [-0.1, -0.05) is 31.5 Å². The van der Waals surface area contributed by atoms with Gasteiger partial charge in [-0.05, 0) is 48.7 Å². The van der Waals surface area contributed by atoms with E-state index in [0.29, 0.717) is 12.8 Å². The number of rotatable bonds is 5. The normalized spacial score (nSPS) is 13.3. The van der Waals surface area contributed by atoms with Crippen molar-refractivity contribution in [1.82, 2.24) is 0 Å². The van der Waals surface area contributed by atoms with Gasteiger partial charge in [-0.3, -0.25) is 4.79 Å². The molecule has 5 heteroatoms. The number of fused-ring (bicyclic) bond motifs is 1. The summed E-state index contributed by atoms with van der Waals surface area (Å²) in [7, 11) is 0. The second kappa shape index (κ2) is 7.83. The maximum Gasteiger partial charge on any atom is 0.323 e. The molecular weight excluding hydrogens is 314 g/mol. The number of carbonyl (C=O) groups is 2. The topological polar surface area (TPSA) is 61.4 Å². The monoisotopic (exact) mass is 337 g/mol. The van der Waals surface area contributed by atoms with Crippen molar-refractivity contribution in [2.75, 3.05) is 22.1 Å². The minimum Gasteiger partial charge on any atom is -0.312 e. The Bertz CT molecular complexity index is 759. The number of urea groups is 1. The number of hydrogen-bond acceptors (Lipinski definition) is 2. The minimum absolute atomic E-state index is 0.184. The number of hydrogen-bond donors (Lipinski definition) is 2. The lowest BCUT2D eigenvalue weighted by Crippen LogP contribution is -2.35. The van der Waals surface area contributed by atoms with Crippen molar-refractivity contribution >= 4 is 29.0 Å². The number of anilines is 3. The maximum atomic E-state index is 12.2. The van der Waals surface area contributed by atoms with E-state index in [0.717, 1.165) is 42.0 Å². The predicted molar refractivity (Wildman–Crippen MR) is 101 cm³/mol. The lowest BCUT2D eigenvalue weighted by Gasteiger charge is -2.29. The van der Waals surface area contributed by atoms with Crippen LogP contribution in [0, 0.1) is 0 Å². The first-order chi connectivity index (χ1) is 12.2. The van der Waals surface area contributed by atoms with E-state index in [1.807, 2.05) is 53.4 Å². The molecule has 2 aromatic rings. The highest BCUT2D eigenvalue weighted by atomic mass is 16.2. The fourth-order valence-corrected chi connectivity index (χ4v) is 3.01. The van der Waals surface area contributed by atoms with Gasteiger partial charge in [-0.25, -0.2) is 4.79 Å². The van der Waals surface area contributed by atoms with E-state index in [-0.39, 0.29) is 11.9 Å². The molecule has 3 amide bonds. The summed E-state index contributed by atoms with van der Waals surface area (Å²) in [5.74, 6) is 0.184. The average molecular weight is 337 g/mol. The van der Waals surface area contributed by atoms with E-state index in [1.54, 1.807) is 0 Å². The molecule has 2 aromatic carbocycles. The van der Waals surface area contributed by atoms with Gasteiger partial charge in [-0.2, -0.15) is 0 Å². The summed E-state index contributed by atoms with van der Waals surface area (Å²) < 4.78 is 0. The number of aryl methyl sites for hydroxylation is 1. The van der Waals surface area contributed by atoms with Crippen LogP contribution in [0.4, 0.5) is 21.9 Å². The number of amides is 3. The molecule has 0 spiro atoms. The van der Waals surface area contributed by atoms with Gasteiger partial charge in [0, 0.05) is 30.0 Å². The van der Waals surface area contributed by atoms with Crippen LogP contribution in [0.25, 0.3) is 0 Å². The Balaban J connectivity index is 1.70. The highest BCUT2D eigenvalue weighted by molar-refractivity contribution is 6.01. The van der Waals surface area contributed by atoms with Gasteiger partial charge in [0.15, 0.2) is 0 Å². The SMILES string of the molecule is CCCCN1C(=O)CCc2cc(NC(=O)Nc3ccccc3)ccc21. The van der Waals surface area contributed by atoms with Gasteiger partial charge >= 0.3 is 6.03 Å². The Morgan fingerprint density at radius 1 is 1.04 bits per heavy atom. The molecule has 0 unspecified atom stereocenters. The van der Waals surface area contributed by atoms with E-state index in [4.69, 9.17) is 0 Å². The van der Waals surface area contributed by atoms with Crippen molar-refractivity contribution in [1.29, 1.82) is 0 Å². The molecule has 130 valence electrons. The van der Waals surface area contributed by atoms with Crippen LogP contribution in [0.5, 0.6) is 0 Å². The van der Waals surface area contributed by atoms with Crippen LogP contribution >= 0.6 is 0 Å². The highest BCUT2D eigenvalue weighted by Crippen LogP contribution is 2.30. The molecule has 0 radical (unpaired) electrons. The molecule has 0 atom stereocenters. The van der Waals surface area contributed by atoms with Crippen LogP contribution < -0.4 is 15.5 Å². The second-order valence-electron chi connectivity index (χ2n) is 6.19. The number of benzene rings is 2. The number of carbonyl (C=O) groups excluding carboxylic acids is 2. The van der Waals surface area contributed by atoms with Crippen LogP contribution in [-0.2, 0) is 11.2 Å². The Hall–Kier alpha value is -2.82. The van der Waals surface area contributed by atoms with Crippen LogP contribution in [0.1, 0.15) is 31.7 Å². The second-order valence-corrected chi connectivity index (χ2v) is 6.19. The number of para-hydroxylation sites is 1. The highest BCUT2D eigenvalue weighted by Gasteiger charge is 2.23. The van der Waals surface area contributed by atoms with Crippen molar-refractivity contribution in [2.45, 2.75) is 32.6 Å². The van der Waals surface area contributed by atoms with Crippen LogP contribution in [0.15, 0.2) is 48.5 Å². The summed E-state index contributed by atoms with van der Waals surface area (Å²) in [5, 5.41) is 5.66. The van der Waals surface area contributed by atoms with Gasteiger partial charge in [-0.15, -0.1) is 0 Å². The Labute approximate surface area is 148 Å². The smallest absolute Gasteiger partial charge is 0.312 e. The number of nitrogens with one attached hydrogen (secondary N) is 2. The minimum atomic E-state index is -0.277. The van der Waals surface area contributed by atoms with E-state index in [2.05, 4.69) is 17.6 Å². The molecule has 0 fully saturated rings. The first kappa shape index (κ1) is 17.0. The molecule has 0 saturated heterocycles. The van der Waals surface area contributed by atoms with Crippen molar-refractivity contribution in [3.8, 4) is 0 Å². The van der Waals surface area contributed by atoms with E-state index in [1.165, 1.54) is 0 Å². The summed E-state index contributed by atoms with van der Waals surface area (Å²) in [6, 6.07) is 14.8. The summed E-state index contributed by atoms with van der Waals surface area (Å²) in [4.78, 5) is 26.2. The lowest BCUT2D eigenvalue weighted by molar-refractivity contribution is -0.118. The van der Waals surface area contributed by atoms with Gasteiger partial charge in [0.25, 0.3) is 0 Å². The van der Waals surface area contributed by atoms with Crippen molar-refractivity contribution in [3.05, 3.63) is 54.1 Å². The molecule has 25 heavy (non-hydrogen) atoms. The molecule has 1 aliphatic rings. The zero-order valence-electron chi connectivity index (χ0n) is 14.4. The summed E-state index contributed by atoms with van der Waals surface area (Å²) in [5.41, 5.74) is 3.55. The number of nitrogens with zero attached hydrogens (tertiary/aromatic N) is 1. The molecule has 3 rings (SSSR count). The van der Waals surface area contributed by atoms with E-state index in [9.17, 15) is 9.59 Å². The Morgan fingerprint density at radius 3 is 2.56 bits per heavy atom. The fraction of sp³-hybridized carbons (Fsp3) is 0.300. The third-order valence-electron chi connectivity index (χ3n) is 4.30. The van der Waals surface area contributed by atoms with Crippen molar-refractivity contribution in [3.63, 3.8) is 0 Å². The Kier molecular flexibility index (Phi) is 5.33. The molecule has 0 aromatic heterocycles. The first-order valence-electron chi connectivity index (χ1n) is 8.73. The average Bonchev–Trinajstić information content (AvgIpc) is 2.62. The van der Waals surface area contributed by atoms with Crippen LogP contribution in [-0.4, -0.2) is 18.5 Å². The molecule has 0 bridgehead atoms. The molecule has 1 heterocycles. The summed E-state index contributed by atoms with van der Waals surface area (Å²) >= 11 is 0. The van der Waals surface area contributed by atoms with Crippen LogP contribution in [0.2, 0.25) is 0 Å². The third kappa shape index (κ3) is 4.18. The van der Waals surface area contributed by atoms with Gasteiger partial charge in [0.2, 0.25) is 5.91 Å². The van der Waals surface area contributed by atoms with Crippen molar-refractivity contribution < 1.29 is 9.59 Å². The Morgan fingerprint density at radius 2 is 1.80 bits per heavy atom. The largest absolute Gasteiger partial charge is 0.323 e. The van der Waals surface area contributed by atoms with Crippen molar-refractivity contribution in [2.24, 2.45) is 0 Å². The summed E-state index contributed by atoms with van der Waals surface area (Å²) in [6.45, 7) is 2.87. The molecule has 2 N–H and O–H groups in total. The van der Waals surface area contributed by atoms with E-state index < -0.39 is 0 Å². The molecule has 0 aliphatic carbocycles. The predicted octanol–water partition coefficient (Wildman–Crippen LogP) is 4.41. The molecule has 0 saturated carbocycles. The molecule has 5 nitrogen and oxygen atoms in total. The number of unbranched alkanes of at least 4 members (excludes halogenated alkanes) is 1. The van der Waals surface area contributed by atoms with Gasteiger partial charge in [0.05, 0.1) is 0 Å². The first-order valence-corrected chi connectivity index (χ1v) is 8.73. The van der Waals surface area contributed by atoms with Gasteiger partial charge < -0.3 is 15.5 Å². The van der Waals surface area contributed by atoms with E-state index >= 15 is 0 Å². The fourth-order valence-electron chi connectivity index (χ4n) is 3.01. The zero-order valence-corrected chi connectivity index (χ0v) is 14.4. The third-order valence-corrected chi connectivity index (χ3v) is 4.30. The standard InChI is InChI=1S/C20H23N3O2/c1-2-3-13-23-18-11-10-17(14-15(18)9-12-19(23)24)22-20(25)21-16-7-5-4-6-8-16/h4-8,10-11,14H,2-3,9,12-13H2,1H3,(H2,21,22,25). The zero-order chi connectivity index (χ0) is 17.6. The molecular formula is C20H23N3O2. The van der Waals surface area contributed by atoms with Crippen LogP contribution in [0.3, 0.4) is 0 Å².